The summed E-state index contributed by atoms with van der Waals surface area (Å²) in [7, 11) is 3.14. The molecule has 0 saturated heterocycles. The first-order valence-electron chi connectivity index (χ1n) is 8.82. The Hall–Kier alpha value is -1.95. The Balaban J connectivity index is 2.05. The van der Waals surface area contributed by atoms with Crippen LogP contribution in [0.3, 0.4) is 0 Å². The molecule has 26 heavy (non-hydrogen) atoms. The molecule has 142 valence electrons. The minimum absolute atomic E-state index is 0.0118. The van der Waals surface area contributed by atoms with Gasteiger partial charge in [-0.25, -0.2) is 4.79 Å². The lowest BCUT2D eigenvalue weighted by Crippen LogP contribution is -2.34. The smallest absolute Gasteiger partial charge is 0.349 e. The van der Waals surface area contributed by atoms with Crippen LogP contribution in [0.5, 0.6) is 17.2 Å². The highest BCUT2D eigenvalue weighted by atomic mass is 32.1. The second kappa shape index (κ2) is 6.99. The van der Waals surface area contributed by atoms with Gasteiger partial charge in [0.2, 0.25) is 0 Å². The number of ether oxygens (including phenoxy) is 3. The molecule has 5 nitrogen and oxygen atoms in total. The van der Waals surface area contributed by atoms with Gasteiger partial charge < -0.3 is 19.3 Å². The van der Waals surface area contributed by atoms with Crippen LogP contribution < -0.4 is 14.2 Å². The van der Waals surface area contributed by atoms with Crippen molar-refractivity contribution in [3.05, 3.63) is 17.0 Å². The van der Waals surface area contributed by atoms with Crippen LogP contribution in [0.2, 0.25) is 0 Å². The van der Waals surface area contributed by atoms with Gasteiger partial charge in [-0.05, 0) is 36.7 Å². The molecule has 1 N–H and O–H groups in total. The Morgan fingerprint density at radius 3 is 2.42 bits per heavy atom. The summed E-state index contributed by atoms with van der Waals surface area (Å²) in [6, 6.07) is 3.62. The molecule has 1 aromatic heterocycles. The first kappa shape index (κ1) is 18.8. The summed E-state index contributed by atoms with van der Waals surface area (Å²) in [5.41, 5.74) is 0.193. The highest BCUT2D eigenvalue weighted by Crippen LogP contribution is 2.46. The second-order valence-corrected chi connectivity index (χ2v) is 8.97. The number of carboxylic acid groups (broad SMARTS) is 1. The number of carbonyl (C=O) groups is 1. The lowest BCUT2D eigenvalue weighted by Gasteiger charge is -2.38. The van der Waals surface area contributed by atoms with E-state index in [0.29, 0.717) is 23.2 Å². The highest BCUT2D eigenvalue weighted by Gasteiger charge is 2.34. The van der Waals surface area contributed by atoms with Crippen molar-refractivity contribution >= 4 is 27.4 Å². The zero-order valence-electron chi connectivity index (χ0n) is 15.9. The number of fused-ring (bicyclic) bond motifs is 1. The summed E-state index contributed by atoms with van der Waals surface area (Å²) < 4.78 is 17.9. The van der Waals surface area contributed by atoms with Gasteiger partial charge in [-0.1, -0.05) is 20.8 Å². The maximum absolute atomic E-state index is 11.8. The number of thiophene rings is 1. The van der Waals surface area contributed by atoms with Crippen LogP contribution >= 0.6 is 11.3 Å². The molecule has 1 fully saturated rings. The van der Waals surface area contributed by atoms with Crippen LogP contribution in [0, 0.1) is 11.3 Å². The van der Waals surface area contributed by atoms with E-state index in [4.69, 9.17) is 14.2 Å². The van der Waals surface area contributed by atoms with Gasteiger partial charge in [0.15, 0.2) is 22.1 Å². The first-order chi connectivity index (χ1) is 12.2. The van der Waals surface area contributed by atoms with Crippen LogP contribution in [0.1, 0.15) is 49.7 Å². The van der Waals surface area contributed by atoms with Crippen LogP contribution in [0.4, 0.5) is 0 Å². The first-order valence-corrected chi connectivity index (χ1v) is 9.64. The largest absolute Gasteiger partial charge is 0.493 e. The molecule has 0 amide bonds. The fraction of sp³-hybridized carbons (Fsp3) is 0.550. The molecule has 0 aliphatic heterocycles. The maximum Gasteiger partial charge on any atom is 0.349 e. The molecule has 1 aromatic carbocycles. The highest BCUT2D eigenvalue weighted by molar-refractivity contribution is 7.21. The summed E-state index contributed by atoms with van der Waals surface area (Å²) in [6.45, 7) is 6.72. The van der Waals surface area contributed by atoms with Crippen molar-refractivity contribution in [2.45, 2.75) is 46.1 Å². The Bertz CT molecular complexity index is 823. The van der Waals surface area contributed by atoms with Gasteiger partial charge >= 0.3 is 5.97 Å². The minimum atomic E-state index is -0.970. The van der Waals surface area contributed by atoms with E-state index < -0.39 is 5.97 Å². The Morgan fingerprint density at radius 1 is 1.19 bits per heavy atom. The third-order valence-corrected chi connectivity index (χ3v) is 6.10. The zero-order chi connectivity index (χ0) is 19.1. The molecule has 0 spiro atoms. The molecular formula is C20H26O5S. The van der Waals surface area contributed by atoms with E-state index in [1.807, 2.05) is 12.1 Å². The molecule has 1 aliphatic carbocycles. The Labute approximate surface area is 157 Å². The monoisotopic (exact) mass is 378 g/mol. The summed E-state index contributed by atoms with van der Waals surface area (Å²) in [5, 5.41) is 10.4. The second-order valence-electron chi connectivity index (χ2n) is 7.92. The van der Waals surface area contributed by atoms with E-state index in [9.17, 15) is 9.90 Å². The fourth-order valence-corrected chi connectivity index (χ4v) is 5.16. The zero-order valence-corrected chi connectivity index (χ0v) is 16.7. The quantitative estimate of drug-likeness (QED) is 0.774. The normalized spacial score (nSPS) is 22.2. The minimum Gasteiger partial charge on any atom is -0.493 e. The number of methoxy groups -OCH3 is 2. The van der Waals surface area contributed by atoms with Crippen molar-refractivity contribution in [1.82, 2.24) is 0 Å². The molecule has 1 aliphatic rings. The maximum atomic E-state index is 11.8. The molecule has 2 atom stereocenters. The van der Waals surface area contributed by atoms with Gasteiger partial charge in [0.1, 0.15) is 0 Å². The van der Waals surface area contributed by atoms with Crippen molar-refractivity contribution in [2.24, 2.45) is 11.3 Å². The number of hydrogen-bond donors (Lipinski definition) is 1. The van der Waals surface area contributed by atoms with Crippen LogP contribution in [-0.2, 0) is 0 Å². The van der Waals surface area contributed by atoms with Crippen LogP contribution in [0.15, 0.2) is 12.1 Å². The van der Waals surface area contributed by atoms with E-state index in [-0.39, 0.29) is 16.4 Å². The third-order valence-electron chi connectivity index (χ3n) is 4.97. The summed E-state index contributed by atoms with van der Waals surface area (Å²) in [6.07, 6.45) is 3.03. The lowest BCUT2D eigenvalue weighted by atomic mass is 9.71. The number of aromatic carboxylic acids is 1. The van der Waals surface area contributed by atoms with E-state index in [0.717, 1.165) is 29.3 Å². The van der Waals surface area contributed by atoms with Gasteiger partial charge in [0.25, 0.3) is 0 Å². The number of benzene rings is 1. The van der Waals surface area contributed by atoms with Crippen molar-refractivity contribution in [1.29, 1.82) is 0 Å². The van der Waals surface area contributed by atoms with Gasteiger partial charge in [0.05, 0.1) is 20.3 Å². The molecular weight excluding hydrogens is 352 g/mol. The van der Waals surface area contributed by atoms with Gasteiger partial charge in [0, 0.05) is 16.2 Å². The van der Waals surface area contributed by atoms with Gasteiger partial charge in [-0.3, -0.25) is 0 Å². The van der Waals surface area contributed by atoms with Crippen molar-refractivity contribution in [2.75, 3.05) is 14.2 Å². The molecule has 1 heterocycles. The standard InChI is InChI=1S/C20H26O5S/c1-11-6-12(10-20(2,3)9-11)25-17-13-7-14(23-4)15(24-5)8-16(13)26-18(17)19(21)22/h7-8,11-12H,6,9-10H2,1-5H3,(H,21,22). The average Bonchev–Trinajstić information content (AvgIpc) is 2.89. The van der Waals surface area contributed by atoms with Crippen LogP contribution in [-0.4, -0.2) is 31.4 Å². The van der Waals surface area contributed by atoms with Crippen LogP contribution in [0.25, 0.3) is 10.1 Å². The third kappa shape index (κ3) is 3.61. The lowest BCUT2D eigenvalue weighted by molar-refractivity contribution is 0.0547. The molecule has 2 aromatic rings. The molecule has 0 radical (unpaired) electrons. The van der Waals surface area contributed by atoms with E-state index >= 15 is 0 Å². The SMILES string of the molecule is COc1cc2sc(C(=O)O)c(OC3CC(C)CC(C)(C)C3)c2cc1OC. The molecule has 1 saturated carbocycles. The fourth-order valence-electron chi connectivity index (χ4n) is 4.17. The Kier molecular flexibility index (Phi) is 5.06. The topological polar surface area (TPSA) is 65.0 Å². The van der Waals surface area contributed by atoms with Crippen molar-refractivity contribution in [3.8, 4) is 17.2 Å². The molecule has 3 rings (SSSR count). The number of hydrogen-bond acceptors (Lipinski definition) is 5. The van der Waals surface area contributed by atoms with E-state index in [1.54, 1.807) is 14.2 Å². The number of carboxylic acids is 1. The molecule has 0 bridgehead atoms. The Morgan fingerprint density at radius 2 is 1.85 bits per heavy atom. The summed E-state index contributed by atoms with van der Waals surface area (Å²) in [4.78, 5) is 12.0. The average molecular weight is 378 g/mol. The summed E-state index contributed by atoms with van der Waals surface area (Å²) in [5.74, 6) is 1.18. The van der Waals surface area contributed by atoms with E-state index in [1.165, 1.54) is 11.3 Å². The number of rotatable bonds is 5. The molecule has 2 unspecified atom stereocenters. The summed E-state index contributed by atoms with van der Waals surface area (Å²) >= 11 is 1.21. The van der Waals surface area contributed by atoms with Gasteiger partial charge in [-0.15, -0.1) is 11.3 Å². The van der Waals surface area contributed by atoms with Crippen molar-refractivity contribution < 1.29 is 24.1 Å². The predicted octanol–water partition coefficient (Wildman–Crippen LogP) is 5.21. The molecule has 6 heteroatoms. The van der Waals surface area contributed by atoms with E-state index in [2.05, 4.69) is 20.8 Å². The predicted molar refractivity (Wildman–Crippen MR) is 103 cm³/mol. The van der Waals surface area contributed by atoms with Crippen molar-refractivity contribution in [3.63, 3.8) is 0 Å². The van der Waals surface area contributed by atoms with Gasteiger partial charge in [-0.2, -0.15) is 0 Å².